The summed E-state index contributed by atoms with van der Waals surface area (Å²) in [6.07, 6.45) is 3.68. The Morgan fingerprint density at radius 3 is 2.40 bits per heavy atom. The Bertz CT molecular complexity index is 1400. The van der Waals surface area contributed by atoms with Crippen molar-refractivity contribution in [3.63, 3.8) is 0 Å². The summed E-state index contributed by atoms with van der Waals surface area (Å²) in [7, 11) is 0. The minimum atomic E-state index is -2.92. The molecule has 0 radical (unpaired) electrons. The molecule has 0 unspecified atom stereocenters. The minimum absolute atomic E-state index is 0.0374. The van der Waals surface area contributed by atoms with Gasteiger partial charge in [0.15, 0.2) is 0 Å². The summed E-state index contributed by atoms with van der Waals surface area (Å²) in [6, 6.07) is 11.4. The lowest BCUT2D eigenvalue weighted by atomic mass is 9.87. The van der Waals surface area contributed by atoms with Crippen molar-refractivity contribution in [1.82, 2.24) is 14.8 Å². The van der Waals surface area contributed by atoms with Gasteiger partial charge in [0.25, 0.3) is 11.5 Å². The van der Waals surface area contributed by atoms with Gasteiger partial charge in [-0.1, -0.05) is 25.1 Å². The highest BCUT2D eigenvalue weighted by atomic mass is 19.3. The van der Waals surface area contributed by atoms with Gasteiger partial charge in [0.1, 0.15) is 17.1 Å². The predicted molar refractivity (Wildman–Crippen MR) is 148 cm³/mol. The van der Waals surface area contributed by atoms with Crippen LogP contribution in [0.3, 0.4) is 0 Å². The van der Waals surface area contributed by atoms with Gasteiger partial charge in [-0.3, -0.25) is 14.5 Å². The molecule has 0 bridgehead atoms. The fraction of sp³-hybridized carbons (Fsp3) is 0.467. The molecular formula is C30H35F2N3O5. The molecule has 1 saturated heterocycles. The van der Waals surface area contributed by atoms with Crippen LogP contribution >= 0.6 is 0 Å². The molecule has 5 rings (SSSR count). The second-order valence-electron chi connectivity index (χ2n) is 10.7. The summed E-state index contributed by atoms with van der Waals surface area (Å²) in [5, 5.41) is 14.7. The number of amides is 1. The highest BCUT2D eigenvalue weighted by Crippen LogP contribution is 2.32. The number of nitrogens with one attached hydrogen (secondary N) is 1. The standard InChI is InChI=1S/C30H35F2N3O5/c1-19-2-7-22(8-3-19)33-28(37)26-27(36)24-18-21(20-4-9-23(10-5-20)40-30(31)32)6-11-25(24)35(29(26)38)13-12-34-14-16-39-17-15-34/h4-6,9-11,18-19,22,30,36H,2-3,7-8,12-17H2,1H3,(H,33,37)/t19-,22+. The monoisotopic (exact) mass is 555 g/mol. The molecule has 1 aromatic heterocycles. The van der Waals surface area contributed by atoms with Crippen LogP contribution in [-0.4, -0.2) is 66.0 Å². The number of fused-ring (bicyclic) bond motifs is 1. The van der Waals surface area contributed by atoms with E-state index in [1.54, 1.807) is 34.9 Å². The third kappa shape index (κ3) is 6.28. The number of carbonyl (C=O) groups excluding carboxylic acids is 1. The molecule has 2 fully saturated rings. The van der Waals surface area contributed by atoms with E-state index in [0.717, 1.165) is 38.8 Å². The predicted octanol–water partition coefficient (Wildman–Crippen LogP) is 4.62. The molecule has 1 amide bonds. The summed E-state index contributed by atoms with van der Waals surface area (Å²) in [5.41, 5.74) is 1.13. The Morgan fingerprint density at radius 2 is 1.73 bits per heavy atom. The topological polar surface area (TPSA) is 93.0 Å². The molecule has 1 aliphatic heterocycles. The maximum atomic E-state index is 13.7. The number of ether oxygens (including phenoxy) is 2. The van der Waals surface area contributed by atoms with E-state index in [2.05, 4.69) is 21.9 Å². The highest BCUT2D eigenvalue weighted by molar-refractivity contribution is 6.03. The zero-order valence-corrected chi connectivity index (χ0v) is 22.6. The van der Waals surface area contributed by atoms with Crippen molar-refractivity contribution in [3.8, 4) is 22.6 Å². The first kappa shape index (κ1) is 28.0. The fourth-order valence-corrected chi connectivity index (χ4v) is 5.60. The average molecular weight is 556 g/mol. The Hall–Kier alpha value is -3.50. The number of morpholine rings is 1. The Morgan fingerprint density at radius 1 is 1.05 bits per heavy atom. The van der Waals surface area contributed by atoms with E-state index in [4.69, 9.17) is 4.74 Å². The van der Waals surface area contributed by atoms with E-state index in [1.807, 2.05) is 0 Å². The second-order valence-corrected chi connectivity index (χ2v) is 10.7. The third-order valence-corrected chi connectivity index (χ3v) is 7.97. The SMILES string of the molecule is C[C@H]1CC[C@@H](NC(=O)c2c(O)c3cc(-c4ccc(OC(F)F)cc4)ccc3n(CCN3CCOCC3)c2=O)CC1. The Kier molecular flexibility index (Phi) is 8.66. The number of aromatic hydroxyl groups is 1. The maximum Gasteiger partial charge on any atom is 0.387 e. The number of benzene rings is 2. The molecule has 2 N–H and O–H groups in total. The second kappa shape index (κ2) is 12.3. The molecule has 2 aromatic carbocycles. The molecule has 3 aromatic rings. The first-order valence-electron chi connectivity index (χ1n) is 13.9. The third-order valence-electron chi connectivity index (χ3n) is 7.97. The van der Waals surface area contributed by atoms with Gasteiger partial charge >= 0.3 is 6.61 Å². The van der Waals surface area contributed by atoms with Crippen molar-refractivity contribution in [3.05, 3.63) is 58.4 Å². The maximum absolute atomic E-state index is 13.7. The van der Waals surface area contributed by atoms with Gasteiger partial charge in [-0.15, -0.1) is 0 Å². The molecule has 0 atom stereocenters. The molecule has 214 valence electrons. The molecular weight excluding hydrogens is 520 g/mol. The van der Waals surface area contributed by atoms with Crippen molar-refractivity contribution in [2.24, 2.45) is 5.92 Å². The lowest BCUT2D eigenvalue weighted by Crippen LogP contribution is -2.42. The first-order chi connectivity index (χ1) is 19.3. The smallest absolute Gasteiger partial charge is 0.387 e. The highest BCUT2D eigenvalue weighted by Gasteiger charge is 2.26. The van der Waals surface area contributed by atoms with E-state index in [-0.39, 0.29) is 23.1 Å². The number of alkyl halides is 2. The number of carbonyl (C=O) groups is 1. The van der Waals surface area contributed by atoms with E-state index in [9.17, 15) is 23.5 Å². The van der Waals surface area contributed by atoms with Crippen LogP contribution in [0.1, 0.15) is 43.0 Å². The fourth-order valence-electron chi connectivity index (χ4n) is 5.60. The number of pyridine rings is 1. The Balaban J connectivity index is 1.52. The van der Waals surface area contributed by atoms with Gasteiger partial charge in [0.2, 0.25) is 0 Å². The number of hydrogen-bond donors (Lipinski definition) is 2. The van der Waals surface area contributed by atoms with Crippen LogP contribution in [0.15, 0.2) is 47.3 Å². The normalized spacial score (nSPS) is 20.1. The summed E-state index contributed by atoms with van der Waals surface area (Å²) in [4.78, 5) is 29.4. The quantitative estimate of drug-likeness (QED) is 0.422. The van der Waals surface area contributed by atoms with Crippen molar-refractivity contribution in [2.75, 3.05) is 32.8 Å². The molecule has 0 spiro atoms. The van der Waals surface area contributed by atoms with E-state index in [0.29, 0.717) is 54.3 Å². The number of aromatic nitrogens is 1. The van der Waals surface area contributed by atoms with Crippen LogP contribution in [0.2, 0.25) is 0 Å². The lowest BCUT2D eigenvalue weighted by molar-refractivity contribution is -0.0498. The van der Waals surface area contributed by atoms with Crippen LogP contribution in [0.5, 0.6) is 11.5 Å². The molecule has 2 heterocycles. The molecule has 1 aliphatic carbocycles. The van der Waals surface area contributed by atoms with Crippen LogP contribution in [-0.2, 0) is 11.3 Å². The van der Waals surface area contributed by atoms with E-state index >= 15 is 0 Å². The number of hydrogen-bond acceptors (Lipinski definition) is 6. The summed E-state index contributed by atoms with van der Waals surface area (Å²) in [6.45, 7) is 2.98. The van der Waals surface area contributed by atoms with Crippen molar-refractivity contribution >= 4 is 16.8 Å². The van der Waals surface area contributed by atoms with Gasteiger partial charge in [0, 0.05) is 37.6 Å². The molecule has 2 aliphatic rings. The average Bonchev–Trinajstić information content (AvgIpc) is 2.95. The Labute approximate surface area is 231 Å². The zero-order valence-electron chi connectivity index (χ0n) is 22.6. The van der Waals surface area contributed by atoms with Crippen LogP contribution in [0.25, 0.3) is 22.0 Å². The summed E-state index contributed by atoms with van der Waals surface area (Å²) in [5.74, 6) is -0.281. The van der Waals surface area contributed by atoms with Crippen LogP contribution in [0.4, 0.5) is 8.78 Å². The van der Waals surface area contributed by atoms with E-state index < -0.39 is 18.1 Å². The summed E-state index contributed by atoms with van der Waals surface area (Å²) >= 11 is 0. The first-order valence-corrected chi connectivity index (χ1v) is 13.9. The van der Waals surface area contributed by atoms with Gasteiger partial charge in [-0.05, 0) is 67.0 Å². The number of nitrogens with zero attached hydrogens (tertiary/aromatic N) is 2. The molecule has 40 heavy (non-hydrogen) atoms. The van der Waals surface area contributed by atoms with Crippen molar-refractivity contribution in [2.45, 2.75) is 51.8 Å². The molecule has 10 heteroatoms. The zero-order chi connectivity index (χ0) is 28.2. The van der Waals surface area contributed by atoms with Crippen LogP contribution < -0.4 is 15.6 Å². The number of rotatable bonds is 8. The molecule has 8 nitrogen and oxygen atoms in total. The number of halogens is 2. The van der Waals surface area contributed by atoms with Gasteiger partial charge in [-0.25, -0.2) is 0 Å². The minimum Gasteiger partial charge on any atom is -0.506 e. The molecule has 1 saturated carbocycles. The summed E-state index contributed by atoms with van der Waals surface area (Å²) < 4.78 is 36.6. The van der Waals surface area contributed by atoms with Gasteiger partial charge in [0.05, 0.1) is 18.7 Å². The van der Waals surface area contributed by atoms with Gasteiger partial charge in [-0.2, -0.15) is 8.78 Å². The van der Waals surface area contributed by atoms with Crippen molar-refractivity contribution in [1.29, 1.82) is 0 Å². The van der Waals surface area contributed by atoms with Crippen LogP contribution in [0, 0.1) is 5.92 Å². The lowest BCUT2D eigenvalue weighted by Gasteiger charge is -2.28. The van der Waals surface area contributed by atoms with E-state index in [1.165, 1.54) is 12.1 Å². The van der Waals surface area contributed by atoms with Crippen molar-refractivity contribution < 1.29 is 28.2 Å². The van der Waals surface area contributed by atoms with Gasteiger partial charge < -0.3 is 24.5 Å². The largest absolute Gasteiger partial charge is 0.506 e.